The maximum atomic E-state index is 13.1. The molecule has 5 heteroatoms. The minimum atomic E-state index is -0.275. The highest BCUT2D eigenvalue weighted by atomic mass is 32.1. The molecule has 4 aliphatic rings. The van der Waals surface area contributed by atoms with Crippen molar-refractivity contribution in [2.24, 2.45) is 5.92 Å². The molecule has 0 unspecified atom stereocenters. The summed E-state index contributed by atoms with van der Waals surface area (Å²) in [5.41, 5.74) is 0.813. The first-order chi connectivity index (χ1) is 10.8. The molecule has 2 heterocycles. The van der Waals surface area contributed by atoms with E-state index >= 15 is 0 Å². The third kappa shape index (κ3) is 2.13. The molecule has 3 aliphatic carbocycles. The fourth-order valence-corrected chi connectivity index (χ4v) is 5.08. The van der Waals surface area contributed by atoms with Crippen molar-refractivity contribution in [1.29, 1.82) is 0 Å². The minimum Gasteiger partial charge on any atom is -0.319 e. The van der Waals surface area contributed by atoms with Crippen LogP contribution in [0.25, 0.3) is 0 Å². The summed E-state index contributed by atoms with van der Waals surface area (Å²) in [6.45, 7) is 0.925. The van der Waals surface area contributed by atoms with Gasteiger partial charge in [-0.25, -0.2) is 4.98 Å². The number of carbonyl (C=O) groups excluding carboxylic acids is 1. The van der Waals surface area contributed by atoms with E-state index in [0.717, 1.165) is 31.0 Å². The Morgan fingerprint density at radius 1 is 1.27 bits per heavy atom. The smallest absolute Gasteiger partial charge is 0.244 e. The number of hydrogen-bond donors (Lipinski definition) is 1. The van der Waals surface area contributed by atoms with Gasteiger partial charge in [-0.1, -0.05) is 12.8 Å². The third-order valence-electron chi connectivity index (χ3n) is 5.75. The van der Waals surface area contributed by atoms with E-state index in [1.54, 1.807) is 11.3 Å². The van der Waals surface area contributed by atoms with Gasteiger partial charge >= 0.3 is 0 Å². The summed E-state index contributed by atoms with van der Waals surface area (Å²) in [5.74, 6) is 1.78. The molecule has 1 aromatic heterocycles. The number of thiazole rings is 1. The van der Waals surface area contributed by atoms with Crippen molar-refractivity contribution in [3.05, 3.63) is 16.1 Å². The second kappa shape index (κ2) is 4.78. The van der Waals surface area contributed by atoms with Crippen LogP contribution in [0.5, 0.6) is 0 Å². The molecular formula is C17H23N3OS. The summed E-state index contributed by atoms with van der Waals surface area (Å²) in [6, 6.07) is 0. The summed E-state index contributed by atoms with van der Waals surface area (Å²) in [5, 5.41) is 7.18. The van der Waals surface area contributed by atoms with Crippen LogP contribution in [0.3, 0.4) is 0 Å². The lowest BCUT2D eigenvalue weighted by Gasteiger charge is -2.22. The van der Waals surface area contributed by atoms with Gasteiger partial charge in [-0.05, 0) is 44.4 Å². The van der Waals surface area contributed by atoms with Crippen LogP contribution >= 0.6 is 11.3 Å². The van der Waals surface area contributed by atoms with Gasteiger partial charge in [0.1, 0.15) is 6.17 Å². The standard InChI is InChI=1S/C17H23N3OS/c21-16-17(7-1-2-8-17)19-14(20(16)9-11-3-4-11)13-10-22-15(18-13)12-5-6-12/h10-12,14,19H,1-9H2/t14-/m0/s1. The zero-order valence-electron chi connectivity index (χ0n) is 12.9. The van der Waals surface area contributed by atoms with Gasteiger partial charge in [0.25, 0.3) is 0 Å². The first-order valence-electron chi connectivity index (χ1n) is 8.79. The largest absolute Gasteiger partial charge is 0.319 e. The average Bonchev–Trinajstić information content (AvgIpc) is 3.42. The molecule has 0 aromatic carbocycles. The lowest BCUT2D eigenvalue weighted by Crippen LogP contribution is -2.44. The van der Waals surface area contributed by atoms with Crippen LogP contribution < -0.4 is 5.32 Å². The first-order valence-corrected chi connectivity index (χ1v) is 9.67. The number of amides is 1. The molecular weight excluding hydrogens is 294 g/mol. The van der Waals surface area contributed by atoms with E-state index in [-0.39, 0.29) is 11.7 Å². The maximum absolute atomic E-state index is 13.1. The van der Waals surface area contributed by atoms with Crippen LogP contribution in [0.1, 0.15) is 74.2 Å². The molecule has 4 fully saturated rings. The summed E-state index contributed by atoms with van der Waals surface area (Å²) in [6.07, 6.45) is 9.53. The number of carbonyl (C=O) groups is 1. The van der Waals surface area contributed by atoms with Gasteiger partial charge in [0, 0.05) is 17.8 Å². The molecule has 1 spiro atoms. The van der Waals surface area contributed by atoms with E-state index in [9.17, 15) is 4.79 Å². The van der Waals surface area contributed by atoms with E-state index in [4.69, 9.17) is 4.98 Å². The highest BCUT2D eigenvalue weighted by Gasteiger charge is 2.54. The van der Waals surface area contributed by atoms with Gasteiger partial charge in [0.05, 0.1) is 16.2 Å². The Balaban J connectivity index is 1.45. The lowest BCUT2D eigenvalue weighted by molar-refractivity contribution is -0.133. The molecule has 1 aromatic rings. The van der Waals surface area contributed by atoms with Crippen molar-refractivity contribution >= 4 is 17.2 Å². The summed E-state index contributed by atoms with van der Waals surface area (Å²) in [4.78, 5) is 20.1. The van der Waals surface area contributed by atoms with Crippen molar-refractivity contribution in [3.8, 4) is 0 Å². The van der Waals surface area contributed by atoms with E-state index in [2.05, 4.69) is 15.6 Å². The van der Waals surface area contributed by atoms with Crippen LogP contribution in [-0.4, -0.2) is 27.9 Å². The molecule has 1 aliphatic heterocycles. The monoisotopic (exact) mass is 317 g/mol. The van der Waals surface area contributed by atoms with E-state index in [1.807, 2.05) is 0 Å². The summed E-state index contributed by atoms with van der Waals surface area (Å²) in [7, 11) is 0. The first kappa shape index (κ1) is 13.5. The number of hydrogen-bond acceptors (Lipinski definition) is 4. The lowest BCUT2D eigenvalue weighted by atomic mass is 9.98. The molecule has 118 valence electrons. The van der Waals surface area contributed by atoms with Crippen molar-refractivity contribution in [3.63, 3.8) is 0 Å². The Kier molecular flexibility index (Phi) is 2.93. The van der Waals surface area contributed by atoms with Gasteiger partial charge in [-0.2, -0.15) is 0 Å². The van der Waals surface area contributed by atoms with Crippen molar-refractivity contribution in [2.45, 2.75) is 69.0 Å². The Hall–Kier alpha value is -0.940. The number of aromatic nitrogens is 1. The second-order valence-electron chi connectivity index (χ2n) is 7.62. The average molecular weight is 317 g/mol. The fraction of sp³-hybridized carbons (Fsp3) is 0.765. The SMILES string of the molecule is O=C1N(CC2CC2)[C@@H](c2csc(C3CC3)n2)NC12CCCC2. The van der Waals surface area contributed by atoms with Gasteiger partial charge in [-0.3, -0.25) is 10.1 Å². The Morgan fingerprint density at radius 2 is 2.05 bits per heavy atom. The highest BCUT2D eigenvalue weighted by molar-refractivity contribution is 7.09. The van der Waals surface area contributed by atoms with Gasteiger partial charge in [-0.15, -0.1) is 11.3 Å². The predicted octanol–water partition coefficient (Wildman–Crippen LogP) is 3.17. The highest BCUT2D eigenvalue weighted by Crippen LogP contribution is 2.45. The molecule has 5 rings (SSSR count). The van der Waals surface area contributed by atoms with Crippen LogP contribution in [0.15, 0.2) is 5.38 Å². The molecule has 4 nitrogen and oxygen atoms in total. The molecule has 0 bridgehead atoms. The van der Waals surface area contributed by atoms with Gasteiger partial charge < -0.3 is 4.90 Å². The maximum Gasteiger partial charge on any atom is 0.244 e. The van der Waals surface area contributed by atoms with Crippen LogP contribution in [0, 0.1) is 5.92 Å². The summed E-state index contributed by atoms with van der Waals surface area (Å²) >= 11 is 1.79. The number of nitrogens with one attached hydrogen (secondary N) is 1. The molecule has 1 amide bonds. The zero-order chi connectivity index (χ0) is 14.7. The number of nitrogens with zero attached hydrogens (tertiary/aromatic N) is 2. The van der Waals surface area contributed by atoms with E-state index in [1.165, 1.54) is 43.5 Å². The van der Waals surface area contributed by atoms with E-state index in [0.29, 0.717) is 11.8 Å². The predicted molar refractivity (Wildman–Crippen MR) is 85.6 cm³/mol. The normalized spacial score (nSPS) is 30.6. The molecule has 1 saturated heterocycles. The molecule has 22 heavy (non-hydrogen) atoms. The molecule has 0 radical (unpaired) electrons. The van der Waals surface area contributed by atoms with Crippen LogP contribution in [0.2, 0.25) is 0 Å². The van der Waals surface area contributed by atoms with Crippen molar-refractivity contribution in [2.75, 3.05) is 6.54 Å². The van der Waals surface area contributed by atoms with Crippen molar-refractivity contribution < 1.29 is 4.79 Å². The van der Waals surface area contributed by atoms with Gasteiger partial charge in [0.2, 0.25) is 5.91 Å². The topological polar surface area (TPSA) is 45.2 Å². The van der Waals surface area contributed by atoms with Crippen LogP contribution in [0.4, 0.5) is 0 Å². The third-order valence-corrected chi connectivity index (χ3v) is 6.78. The second-order valence-corrected chi connectivity index (χ2v) is 8.51. The Bertz CT molecular complexity index is 599. The minimum absolute atomic E-state index is 0.0231. The summed E-state index contributed by atoms with van der Waals surface area (Å²) < 4.78 is 0. The quantitative estimate of drug-likeness (QED) is 0.928. The molecule has 1 N–H and O–H groups in total. The Morgan fingerprint density at radius 3 is 2.73 bits per heavy atom. The van der Waals surface area contributed by atoms with Crippen LogP contribution in [-0.2, 0) is 4.79 Å². The molecule has 1 atom stereocenters. The van der Waals surface area contributed by atoms with Crippen molar-refractivity contribution in [1.82, 2.24) is 15.2 Å². The fourth-order valence-electron chi connectivity index (χ4n) is 4.07. The molecule has 3 saturated carbocycles. The van der Waals surface area contributed by atoms with E-state index < -0.39 is 0 Å². The van der Waals surface area contributed by atoms with Gasteiger partial charge in [0.15, 0.2) is 0 Å². The Labute approximate surface area is 135 Å². The zero-order valence-corrected chi connectivity index (χ0v) is 13.7. The number of rotatable bonds is 4.